The lowest BCUT2D eigenvalue weighted by atomic mass is 10.1. The van der Waals surface area contributed by atoms with E-state index in [2.05, 4.69) is 5.32 Å². The van der Waals surface area contributed by atoms with Crippen LogP contribution in [0.25, 0.3) is 0 Å². The van der Waals surface area contributed by atoms with Crippen molar-refractivity contribution < 1.29 is 19.1 Å². The third kappa shape index (κ3) is 2.92. The lowest BCUT2D eigenvalue weighted by Crippen LogP contribution is -2.47. The van der Waals surface area contributed by atoms with Crippen molar-refractivity contribution in [2.75, 3.05) is 6.79 Å². The average molecular weight is 330 g/mol. The molecule has 1 saturated carbocycles. The number of carbonyl (C=O) groups is 2. The average Bonchev–Trinajstić information content (AvgIpc) is 3.29. The van der Waals surface area contributed by atoms with Gasteiger partial charge >= 0.3 is 0 Å². The third-order valence-electron chi connectivity index (χ3n) is 5.12. The molecule has 6 nitrogen and oxygen atoms in total. The zero-order valence-corrected chi connectivity index (χ0v) is 13.6. The largest absolute Gasteiger partial charge is 0.454 e. The number of nitrogens with one attached hydrogen (secondary N) is 1. The highest BCUT2D eigenvalue weighted by atomic mass is 16.7. The van der Waals surface area contributed by atoms with Crippen molar-refractivity contribution in [3.8, 4) is 11.5 Å². The number of nitrogens with zero attached hydrogens (tertiary/aromatic N) is 1. The molecule has 1 aromatic carbocycles. The van der Waals surface area contributed by atoms with E-state index >= 15 is 0 Å². The Morgan fingerprint density at radius 1 is 1.17 bits per heavy atom. The van der Waals surface area contributed by atoms with Gasteiger partial charge in [0.15, 0.2) is 11.5 Å². The predicted octanol–water partition coefficient (Wildman–Crippen LogP) is 1.97. The maximum Gasteiger partial charge on any atom is 0.243 e. The Morgan fingerprint density at radius 3 is 2.79 bits per heavy atom. The fourth-order valence-corrected chi connectivity index (χ4v) is 3.81. The number of amides is 2. The summed E-state index contributed by atoms with van der Waals surface area (Å²) < 4.78 is 10.7. The van der Waals surface area contributed by atoms with E-state index < -0.39 is 0 Å². The molecule has 1 saturated heterocycles. The first-order chi connectivity index (χ1) is 11.7. The molecule has 2 amide bonds. The van der Waals surface area contributed by atoms with Crippen LogP contribution in [0.5, 0.6) is 11.5 Å². The van der Waals surface area contributed by atoms with E-state index in [0.29, 0.717) is 25.1 Å². The van der Waals surface area contributed by atoms with Gasteiger partial charge in [0, 0.05) is 19.0 Å². The van der Waals surface area contributed by atoms with Gasteiger partial charge in [-0.1, -0.05) is 18.9 Å². The standard InChI is InChI=1S/C18H22N2O4/c21-17-8-6-14(18(22)19-13-3-1-2-4-13)20(17)10-12-5-7-15-16(9-12)24-11-23-15/h5,7,9,13-14H,1-4,6,8,10-11H2,(H,19,22)/t14-/m0/s1. The Kier molecular flexibility index (Phi) is 4.04. The molecule has 0 radical (unpaired) electrons. The molecule has 0 aromatic heterocycles. The van der Waals surface area contributed by atoms with Crippen molar-refractivity contribution >= 4 is 11.8 Å². The zero-order chi connectivity index (χ0) is 16.5. The van der Waals surface area contributed by atoms with Gasteiger partial charge in [-0.15, -0.1) is 0 Å². The SMILES string of the molecule is O=C(NC1CCCC1)[C@@H]1CCC(=O)N1Cc1ccc2c(c1)OCO2. The van der Waals surface area contributed by atoms with Gasteiger partial charge in [-0.3, -0.25) is 9.59 Å². The summed E-state index contributed by atoms with van der Waals surface area (Å²) in [6.45, 7) is 0.659. The number of ether oxygens (including phenoxy) is 2. The first-order valence-electron chi connectivity index (χ1n) is 8.69. The molecular formula is C18H22N2O4. The highest BCUT2D eigenvalue weighted by molar-refractivity contribution is 5.91. The third-order valence-corrected chi connectivity index (χ3v) is 5.12. The normalized spacial score (nSPS) is 23.1. The van der Waals surface area contributed by atoms with Gasteiger partial charge in [0.25, 0.3) is 0 Å². The molecule has 2 aliphatic heterocycles. The first-order valence-corrected chi connectivity index (χ1v) is 8.69. The Labute approximate surface area is 141 Å². The van der Waals surface area contributed by atoms with E-state index in [1.165, 1.54) is 12.8 Å². The lowest BCUT2D eigenvalue weighted by molar-refractivity contribution is -0.136. The van der Waals surface area contributed by atoms with E-state index in [-0.39, 0.29) is 30.7 Å². The molecule has 1 aliphatic carbocycles. The van der Waals surface area contributed by atoms with E-state index in [9.17, 15) is 9.59 Å². The first kappa shape index (κ1) is 15.3. The number of fused-ring (bicyclic) bond motifs is 1. The Hall–Kier alpha value is -2.24. The Morgan fingerprint density at radius 2 is 1.96 bits per heavy atom. The van der Waals surface area contributed by atoms with Crippen molar-refractivity contribution in [2.45, 2.75) is 57.2 Å². The summed E-state index contributed by atoms with van der Waals surface area (Å²) in [6.07, 6.45) is 5.49. The Bertz CT molecular complexity index is 654. The summed E-state index contributed by atoms with van der Waals surface area (Å²) in [6, 6.07) is 5.58. The fraction of sp³-hybridized carbons (Fsp3) is 0.556. The van der Waals surface area contributed by atoms with Crippen LogP contribution in [0.15, 0.2) is 18.2 Å². The number of benzene rings is 1. The second-order valence-electron chi connectivity index (χ2n) is 6.75. The molecule has 24 heavy (non-hydrogen) atoms. The van der Waals surface area contributed by atoms with Crippen LogP contribution in [0.2, 0.25) is 0 Å². The molecule has 1 aromatic rings. The van der Waals surface area contributed by atoms with Crippen LogP contribution in [-0.2, 0) is 16.1 Å². The van der Waals surface area contributed by atoms with Crippen LogP contribution < -0.4 is 14.8 Å². The summed E-state index contributed by atoms with van der Waals surface area (Å²) in [5.74, 6) is 1.46. The maximum absolute atomic E-state index is 12.6. The summed E-state index contributed by atoms with van der Waals surface area (Å²) in [4.78, 5) is 26.5. The molecule has 3 aliphatic rings. The second kappa shape index (κ2) is 6.34. The summed E-state index contributed by atoms with van der Waals surface area (Å²) in [7, 11) is 0. The van der Waals surface area contributed by atoms with E-state index in [1.54, 1.807) is 4.90 Å². The van der Waals surface area contributed by atoms with Gasteiger partial charge in [-0.2, -0.15) is 0 Å². The minimum atomic E-state index is -0.358. The minimum absolute atomic E-state index is 0.00602. The number of rotatable bonds is 4. The van der Waals surface area contributed by atoms with Gasteiger partial charge in [0.2, 0.25) is 18.6 Å². The van der Waals surface area contributed by atoms with Gasteiger partial charge in [-0.25, -0.2) is 0 Å². The van der Waals surface area contributed by atoms with Gasteiger partial charge < -0.3 is 19.7 Å². The zero-order valence-electron chi connectivity index (χ0n) is 13.6. The summed E-state index contributed by atoms with van der Waals surface area (Å²) >= 11 is 0. The fourth-order valence-electron chi connectivity index (χ4n) is 3.81. The molecule has 6 heteroatoms. The van der Waals surface area contributed by atoms with Gasteiger partial charge in [0.1, 0.15) is 6.04 Å². The van der Waals surface area contributed by atoms with E-state index in [4.69, 9.17) is 9.47 Å². The van der Waals surface area contributed by atoms with Crippen molar-refractivity contribution in [1.29, 1.82) is 0 Å². The van der Waals surface area contributed by atoms with Crippen LogP contribution in [0.3, 0.4) is 0 Å². The maximum atomic E-state index is 12.6. The molecular weight excluding hydrogens is 308 g/mol. The lowest BCUT2D eigenvalue weighted by Gasteiger charge is -2.25. The van der Waals surface area contributed by atoms with Crippen LogP contribution in [-0.4, -0.2) is 35.6 Å². The number of hydrogen-bond donors (Lipinski definition) is 1. The van der Waals surface area contributed by atoms with Crippen LogP contribution >= 0.6 is 0 Å². The molecule has 2 fully saturated rings. The molecule has 0 bridgehead atoms. The summed E-state index contributed by atoms with van der Waals surface area (Å²) in [5.41, 5.74) is 0.952. The van der Waals surface area contributed by atoms with Crippen LogP contribution in [0, 0.1) is 0 Å². The Balaban J connectivity index is 1.45. The number of likely N-dealkylation sites (tertiary alicyclic amines) is 1. The highest BCUT2D eigenvalue weighted by Crippen LogP contribution is 2.33. The number of hydrogen-bond acceptors (Lipinski definition) is 4. The van der Waals surface area contributed by atoms with Crippen LogP contribution in [0.4, 0.5) is 0 Å². The summed E-state index contributed by atoms with van der Waals surface area (Å²) in [5, 5.41) is 3.12. The van der Waals surface area contributed by atoms with Gasteiger partial charge in [-0.05, 0) is 37.0 Å². The molecule has 128 valence electrons. The van der Waals surface area contributed by atoms with Crippen molar-refractivity contribution in [2.24, 2.45) is 0 Å². The van der Waals surface area contributed by atoms with Crippen molar-refractivity contribution in [3.63, 3.8) is 0 Å². The van der Waals surface area contributed by atoms with Gasteiger partial charge in [0.05, 0.1) is 0 Å². The molecule has 4 rings (SSSR count). The highest BCUT2D eigenvalue weighted by Gasteiger charge is 2.37. The predicted molar refractivity (Wildman–Crippen MR) is 86.5 cm³/mol. The smallest absolute Gasteiger partial charge is 0.243 e. The second-order valence-corrected chi connectivity index (χ2v) is 6.75. The molecule has 0 unspecified atom stereocenters. The number of carbonyl (C=O) groups excluding carboxylic acids is 2. The van der Waals surface area contributed by atoms with E-state index in [1.807, 2.05) is 18.2 Å². The van der Waals surface area contributed by atoms with Crippen molar-refractivity contribution in [3.05, 3.63) is 23.8 Å². The molecule has 1 N–H and O–H groups in total. The quantitative estimate of drug-likeness (QED) is 0.916. The van der Waals surface area contributed by atoms with Crippen LogP contribution in [0.1, 0.15) is 44.1 Å². The molecule has 2 heterocycles. The minimum Gasteiger partial charge on any atom is -0.454 e. The monoisotopic (exact) mass is 330 g/mol. The topological polar surface area (TPSA) is 67.9 Å². The van der Waals surface area contributed by atoms with Crippen molar-refractivity contribution in [1.82, 2.24) is 10.2 Å². The van der Waals surface area contributed by atoms with E-state index in [0.717, 1.165) is 24.2 Å². The molecule has 1 atom stereocenters. The molecule has 0 spiro atoms.